The number of esters is 2. The van der Waals surface area contributed by atoms with Crippen LogP contribution < -0.4 is 5.73 Å². The van der Waals surface area contributed by atoms with Crippen molar-refractivity contribution >= 4 is 40.5 Å². The van der Waals surface area contributed by atoms with Gasteiger partial charge in [-0.1, -0.05) is 11.8 Å². The molecule has 0 saturated heterocycles. The number of thioether (sulfide) groups is 2. The van der Waals surface area contributed by atoms with Crippen LogP contribution in [0.2, 0.25) is 0 Å². The van der Waals surface area contributed by atoms with E-state index in [0.717, 1.165) is 4.91 Å². The van der Waals surface area contributed by atoms with Crippen molar-refractivity contribution in [3.63, 3.8) is 0 Å². The standard InChI is InChI=1S/C13H18N2O4S2/c1-5-15-12-9(7(2)20-6-8(16)18-3)10(14)11(21-12)13(17)19-4/h5-6,14H2,1-4H3/b9-7+,15-12?. The largest absolute Gasteiger partial charge is 0.468 e. The molecule has 0 aliphatic carbocycles. The van der Waals surface area contributed by atoms with Crippen LogP contribution in [0.5, 0.6) is 0 Å². The Bertz CT molecular complexity index is 538. The predicted molar refractivity (Wildman–Crippen MR) is 86.0 cm³/mol. The molecule has 0 atom stereocenters. The highest BCUT2D eigenvalue weighted by molar-refractivity contribution is 8.19. The van der Waals surface area contributed by atoms with Crippen molar-refractivity contribution in [2.24, 2.45) is 10.7 Å². The maximum atomic E-state index is 11.7. The van der Waals surface area contributed by atoms with Crippen LogP contribution >= 0.6 is 23.5 Å². The third kappa shape index (κ3) is 4.28. The van der Waals surface area contributed by atoms with Crippen molar-refractivity contribution in [1.29, 1.82) is 0 Å². The zero-order chi connectivity index (χ0) is 16.0. The van der Waals surface area contributed by atoms with Crippen molar-refractivity contribution in [3.8, 4) is 0 Å². The lowest BCUT2D eigenvalue weighted by Gasteiger charge is -2.07. The number of nitrogens with zero attached hydrogens (tertiary/aromatic N) is 1. The van der Waals surface area contributed by atoms with Gasteiger partial charge in [-0.05, 0) is 18.8 Å². The molecular formula is C13H18N2O4S2. The first-order chi connectivity index (χ1) is 9.96. The van der Waals surface area contributed by atoms with Crippen LogP contribution in [0.4, 0.5) is 0 Å². The van der Waals surface area contributed by atoms with Gasteiger partial charge in [0.15, 0.2) is 0 Å². The minimum absolute atomic E-state index is 0.177. The van der Waals surface area contributed by atoms with E-state index >= 15 is 0 Å². The van der Waals surface area contributed by atoms with E-state index in [-0.39, 0.29) is 11.7 Å². The van der Waals surface area contributed by atoms with Crippen LogP contribution in [0.15, 0.2) is 26.1 Å². The zero-order valence-corrected chi connectivity index (χ0v) is 14.0. The molecule has 0 aromatic rings. The van der Waals surface area contributed by atoms with Crippen LogP contribution in [-0.2, 0) is 19.1 Å². The number of ether oxygens (including phenoxy) is 2. The van der Waals surface area contributed by atoms with E-state index in [1.165, 1.54) is 37.7 Å². The Hall–Kier alpha value is -1.41. The normalized spacial score (nSPS) is 19.0. The molecule has 1 heterocycles. The number of rotatable bonds is 5. The minimum atomic E-state index is -0.484. The Morgan fingerprint density at radius 2 is 2.00 bits per heavy atom. The van der Waals surface area contributed by atoms with Crippen LogP contribution in [-0.4, -0.2) is 43.5 Å². The summed E-state index contributed by atoms with van der Waals surface area (Å²) in [6, 6.07) is 0. The van der Waals surface area contributed by atoms with E-state index in [9.17, 15) is 9.59 Å². The number of methoxy groups -OCH3 is 2. The molecule has 1 aliphatic heterocycles. The third-order valence-electron chi connectivity index (χ3n) is 2.59. The van der Waals surface area contributed by atoms with Crippen molar-refractivity contribution in [2.45, 2.75) is 13.8 Å². The zero-order valence-electron chi connectivity index (χ0n) is 12.4. The summed E-state index contributed by atoms with van der Waals surface area (Å²) in [5, 5.41) is 0.672. The maximum absolute atomic E-state index is 11.7. The second-order valence-corrected chi connectivity index (χ2v) is 6.10. The average Bonchev–Trinajstić information content (AvgIpc) is 2.80. The van der Waals surface area contributed by atoms with E-state index in [4.69, 9.17) is 10.5 Å². The molecule has 0 radical (unpaired) electrons. The van der Waals surface area contributed by atoms with E-state index < -0.39 is 5.97 Å². The number of hydrogen-bond donors (Lipinski definition) is 1. The first kappa shape index (κ1) is 17.6. The Kier molecular flexibility index (Phi) is 6.83. The van der Waals surface area contributed by atoms with Crippen molar-refractivity contribution in [3.05, 3.63) is 21.1 Å². The second-order valence-electron chi connectivity index (χ2n) is 3.91. The Morgan fingerprint density at radius 1 is 1.33 bits per heavy atom. The summed E-state index contributed by atoms with van der Waals surface area (Å²) in [5.74, 6) is -0.631. The summed E-state index contributed by atoms with van der Waals surface area (Å²) in [6.45, 7) is 4.30. The number of carbonyl (C=O) groups excluding carboxylic acids is 2. The van der Waals surface area contributed by atoms with Gasteiger partial charge in [0.05, 0.1) is 25.7 Å². The number of aliphatic imine (C=N–C) groups is 1. The van der Waals surface area contributed by atoms with Gasteiger partial charge >= 0.3 is 11.9 Å². The second kappa shape index (κ2) is 8.14. The summed E-state index contributed by atoms with van der Waals surface area (Å²) in [7, 11) is 2.64. The highest BCUT2D eigenvalue weighted by atomic mass is 32.2. The molecular weight excluding hydrogens is 312 g/mol. The Morgan fingerprint density at radius 3 is 2.52 bits per heavy atom. The fourth-order valence-electron chi connectivity index (χ4n) is 1.57. The fraction of sp³-hybridized carbons (Fsp3) is 0.462. The summed E-state index contributed by atoms with van der Waals surface area (Å²) in [5.41, 5.74) is 7.08. The molecule has 0 aromatic carbocycles. The number of allylic oxidation sites excluding steroid dienone is 2. The molecule has 21 heavy (non-hydrogen) atoms. The summed E-state index contributed by atoms with van der Waals surface area (Å²) < 4.78 is 9.32. The minimum Gasteiger partial charge on any atom is -0.468 e. The van der Waals surface area contributed by atoms with Crippen molar-refractivity contribution in [2.75, 3.05) is 26.5 Å². The molecule has 0 fully saturated rings. The van der Waals surface area contributed by atoms with Gasteiger partial charge in [-0.3, -0.25) is 9.79 Å². The lowest BCUT2D eigenvalue weighted by molar-refractivity contribution is -0.137. The summed E-state index contributed by atoms with van der Waals surface area (Å²) in [6.07, 6.45) is 0. The molecule has 0 spiro atoms. The Labute approximate surface area is 132 Å². The van der Waals surface area contributed by atoms with E-state index in [2.05, 4.69) is 9.73 Å². The molecule has 1 rings (SSSR count). The van der Waals surface area contributed by atoms with Gasteiger partial charge < -0.3 is 15.2 Å². The van der Waals surface area contributed by atoms with Gasteiger partial charge in [0.1, 0.15) is 9.95 Å². The molecule has 0 bridgehead atoms. The highest BCUT2D eigenvalue weighted by Crippen LogP contribution is 2.40. The van der Waals surface area contributed by atoms with Gasteiger partial charge in [0, 0.05) is 12.1 Å². The van der Waals surface area contributed by atoms with Crippen LogP contribution in [0.3, 0.4) is 0 Å². The molecule has 6 nitrogen and oxygen atoms in total. The summed E-state index contributed by atoms with van der Waals surface area (Å²) >= 11 is 2.50. The maximum Gasteiger partial charge on any atom is 0.346 e. The molecule has 8 heteroatoms. The monoisotopic (exact) mass is 330 g/mol. The summed E-state index contributed by atoms with van der Waals surface area (Å²) in [4.78, 5) is 28.4. The van der Waals surface area contributed by atoms with Gasteiger partial charge in [0.2, 0.25) is 0 Å². The lowest BCUT2D eigenvalue weighted by atomic mass is 10.2. The predicted octanol–water partition coefficient (Wildman–Crippen LogP) is 1.68. The fourth-order valence-corrected chi connectivity index (χ4v) is 3.57. The molecule has 0 aromatic heterocycles. The highest BCUT2D eigenvalue weighted by Gasteiger charge is 2.31. The Balaban J connectivity index is 3.13. The topological polar surface area (TPSA) is 91.0 Å². The lowest BCUT2D eigenvalue weighted by Crippen LogP contribution is -2.09. The molecule has 0 unspecified atom stereocenters. The van der Waals surface area contributed by atoms with Gasteiger partial charge in [0.25, 0.3) is 0 Å². The molecule has 0 saturated carbocycles. The smallest absolute Gasteiger partial charge is 0.346 e. The quantitative estimate of drug-likeness (QED) is 0.767. The molecule has 116 valence electrons. The molecule has 0 amide bonds. The SMILES string of the molecule is CCN=C1SC(C(=O)OC)=C(N)/C1=C(/C)SCC(=O)OC. The van der Waals surface area contributed by atoms with E-state index in [1.807, 2.05) is 13.8 Å². The van der Waals surface area contributed by atoms with Gasteiger partial charge in [-0.15, -0.1) is 11.8 Å². The number of nitrogens with two attached hydrogens (primary N) is 1. The van der Waals surface area contributed by atoms with Crippen LogP contribution in [0, 0.1) is 0 Å². The van der Waals surface area contributed by atoms with Crippen molar-refractivity contribution in [1.82, 2.24) is 0 Å². The van der Waals surface area contributed by atoms with Crippen molar-refractivity contribution < 1.29 is 19.1 Å². The average molecular weight is 330 g/mol. The number of hydrogen-bond acceptors (Lipinski definition) is 8. The van der Waals surface area contributed by atoms with Gasteiger partial charge in [-0.2, -0.15) is 0 Å². The number of carbonyl (C=O) groups is 2. The van der Waals surface area contributed by atoms with E-state index in [1.54, 1.807) is 0 Å². The first-order valence-electron chi connectivity index (χ1n) is 6.17. The van der Waals surface area contributed by atoms with Crippen LogP contribution in [0.1, 0.15) is 13.8 Å². The van der Waals surface area contributed by atoms with E-state index in [0.29, 0.717) is 27.8 Å². The first-order valence-corrected chi connectivity index (χ1v) is 7.98. The molecule has 1 aliphatic rings. The van der Waals surface area contributed by atoms with Gasteiger partial charge in [-0.25, -0.2) is 4.79 Å². The third-order valence-corrected chi connectivity index (χ3v) is 4.72. The van der Waals surface area contributed by atoms with Crippen LogP contribution in [0.25, 0.3) is 0 Å². The molecule has 2 N–H and O–H groups in total.